The van der Waals surface area contributed by atoms with E-state index in [9.17, 15) is 0 Å². The second kappa shape index (κ2) is 2.62. The summed E-state index contributed by atoms with van der Waals surface area (Å²) in [6, 6.07) is 0. The standard InChI is InChI=1S/C6H7ClN2OS/c7-5-3-11-6(8-5)9-1-4(10)2-9/h3-4,10H,1-2H2. The molecular formula is C6H7ClN2OS. The van der Waals surface area contributed by atoms with Gasteiger partial charge in [0.15, 0.2) is 5.13 Å². The van der Waals surface area contributed by atoms with Crippen molar-refractivity contribution in [3.05, 3.63) is 10.5 Å². The highest BCUT2D eigenvalue weighted by molar-refractivity contribution is 7.14. The van der Waals surface area contributed by atoms with Crippen molar-refractivity contribution in [2.24, 2.45) is 0 Å². The average Bonchev–Trinajstić information content (AvgIpc) is 2.29. The molecule has 0 atom stereocenters. The maximum atomic E-state index is 8.99. The van der Waals surface area contributed by atoms with Gasteiger partial charge in [0, 0.05) is 18.5 Å². The lowest BCUT2D eigenvalue weighted by atomic mass is 10.2. The summed E-state index contributed by atoms with van der Waals surface area (Å²) >= 11 is 7.14. The number of hydrogen-bond acceptors (Lipinski definition) is 4. The van der Waals surface area contributed by atoms with Gasteiger partial charge in [-0.1, -0.05) is 11.6 Å². The molecule has 0 amide bonds. The quantitative estimate of drug-likeness (QED) is 0.717. The molecule has 5 heteroatoms. The highest BCUT2D eigenvalue weighted by atomic mass is 35.5. The second-order valence-corrected chi connectivity index (χ2v) is 3.74. The number of aliphatic hydroxyl groups is 1. The minimum absolute atomic E-state index is 0.183. The van der Waals surface area contributed by atoms with Gasteiger partial charge in [0.25, 0.3) is 0 Å². The van der Waals surface area contributed by atoms with Crippen LogP contribution in [0.2, 0.25) is 5.15 Å². The van der Waals surface area contributed by atoms with Gasteiger partial charge in [0.05, 0.1) is 6.10 Å². The third-order valence-corrected chi connectivity index (χ3v) is 2.82. The molecule has 1 aliphatic heterocycles. The number of halogens is 1. The van der Waals surface area contributed by atoms with E-state index in [0.717, 1.165) is 5.13 Å². The van der Waals surface area contributed by atoms with E-state index in [-0.39, 0.29) is 6.10 Å². The lowest BCUT2D eigenvalue weighted by molar-refractivity contribution is 0.142. The monoisotopic (exact) mass is 190 g/mol. The van der Waals surface area contributed by atoms with E-state index < -0.39 is 0 Å². The van der Waals surface area contributed by atoms with E-state index in [1.54, 1.807) is 5.38 Å². The van der Waals surface area contributed by atoms with Crippen molar-refractivity contribution in [2.45, 2.75) is 6.10 Å². The number of aromatic nitrogens is 1. The molecule has 1 N–H and O–H groups in total. The minimum atomic E-state index is -0.183. The highest BCUT2D eigenvalue weighted by Gasteiger charge is 2.26. The molecule has 2 heterocycles. The molecule has 0 aromatic carbocycles. The van der Waals surface area contributed by atoms with Crippen molar-refractivity contribution >= 4 is 28.1 Å². The molecule has 11 heavy (non-hydrogen) atoms. The van der Waals surface area contributed by atoms with Crippen LogP contribution in [-0.4, -0.2) is 29.3 Å². The molecule has 0 saturated carbocycles. The topological polar surface area (TPSA) is 36.4 Å². The number of thiazole rings is 1. The number of anilines is 1. The van der Waals surface area contributed by atoms with Gasteiger partial charge in [-0.05, 0) is 0 Å². The maximum Gasteiger partial charge on any atom is 0.186 e. The summed E-state index contributed by atoms with van der Waals surface area (Å²) in [5.41, 5.74) is 0. The number of rotatable bonds is 1. The van der Waals surface area contributed by atoms with E-state index >= 15 is 0 Å². The Bertz CT molecular complexity index is 259. The fourth-order valence-electron chi connectivity index (χ4n) is 1.00. The van der Waals surface area contributed by atoms with Crippen LogP contribution < -0.4 is 4.90 Å². The average molecular weight is 191 g/mol. The molecule has 0 aliphatic carbocycles. The smallest absolute Gasteiger partial charge is 0.186 e. The van der Waals surface area contributed by atoms with Crippen LogP contribution in [0.4, 0.5) is 5.13 Å². The number of hydrogen-bond donors (Lipinski definition) is 1. The molecule has 1 saturated heterocycles. The van der Waals surface area contributed by atoms with Crippen LogP contribution in [0.25, 0.3) is 0 Å². The van der Waals surface area contributed by atoms with E-state index in [1.165, 1.54) is 11.3 Å². The van der Waals surface area contributed by atoms with Crippen LogP contribution in [0.5, 0.6) is 0 Å². The molecule has 0 spiro atoms. The van der Waals surface area contributed by atoms with Gasteiger partial charge in [0.2, 0.25) is 0 Å². The molecule has 0 radical (unpaired) electrons. The van der Waals surface area contributed by atoms with Crippen molar-refractivity contribution in [2.75, 3.05) is 18.0 Å². The van der Waals surface area contributed by atoms with Gasteiger partial charge < -0.3 is 10.0 Å². The first-order chi connectivity index (χ1) is 5.25. The maximum absolute atomic E-state index is 8.99. The van der Waals surface area contributed by atoms with Gasteiger partial charge in [-0.15, -0.1) is 11.3 Å². The zero-order valence-electron chi connectivity index (χ0n) is 5.70. The van der Waals surface area contributed by atoms with Gasteiger partial charge in [-0.25, -0.2) is 4.98 Å². The van der Waals surface area contributed by atoms with Crippen molar-refractivity contribution in [1.29, 1.82) is 0 Å². The van der Waals surface area contributed by atoms with Crippen LogP contribution in [0, 0.1) is 0 Å². The Balaban J connectivity index is 2.07. The van der Waals surface area contributed by atoms with Crippen molar-refractivity contribution < 1.29 is 5.11 Å². The summed E-state index contributed by atoms with van der Waals surface area (Å²) in [6.45, 7) is 1.37. The molecule has 1 fully saturated rings. The summed E-state index contributed by atoms with van der Waals surface area (Å²) in [5, 5.41) is 12.2. The third kappa shape index (κ3) is 1.34. The predicted molar refractivity (Wildman–Crippen MR) is 45.3 cm³/mol. The SMILES string of the molecule is OC1CN(c2nc(Cl)cs2)C1. The molecule has 1 aromatic rings. The lowest BCUT2D eigenvalue weighted by Gasteiger charge is -2.35. The molecule has 0 unspecified atom stereocenters. The summed E-state index contributed by atoms with van der Waals surface area (Å²) in [6.07, 6.45) is -0.183. The number of β-amino-alcohol motifs (C(OH)–C–C–N with tert-alkyl or cyclic N) is 1. The molecule has 1 aromatic heterocycles. The number of aliphatic hydroxyl groups excluding tert-OH is 1. The fourth-order valence-corrected chi connectivity index (χ4v) is 1.97. The summed E-state index contributed by atoms with van der Waals surface area (Å²) < 4.78 is 0. The van der Waals surface area contributed by atoms with Crippen LogP contribution in [0.3, 0.4) is 0 Å². The first-order valence-corrected chi connectivity index (χ1v) is 4.55. The van der Waals surface area contributed by atoms with E-state index in [1.807, 2.05) is 4.90 Å². The normalized spacial score (nSPS) is 18.5. The van der Waals surface area contributed by atoms with Crippen LogP contribution in [0.15, 0.2) is 5.38 Å². The zero-order chi connectivity index (χ0) is 7.84. The van der Waals surface area contributed by atoms with Gasteiger partial charge >= 0.3 is 0 Å². The van der Waals surface area contributed by atoms with E-state index in [2.05, 4.69) is 4.98 Å². The zero-order valence-corrected chi connectivity index (χ0v) is 7.27. The Morgan fingerprint density at radius 1 is 1.73 bits per heavy atom. The van der Waals surface area contributed by atoms with Gasteiger partial charge in [0.1, 0.15) is 5.15 Å². The third-order valence-electron chi connectivity index (χ3n) is 1.60. The van der Waals surface area contributed by atoms with Gasteiger partial charge in [-0.3, -0.25) is 0 Å². The molecule has 0 bridgehead atoms. The van der Waals surface area contributed by atoms with Crippen LogP contribution >= 0.6 is 22.9 Å². The second-order valence-electron chi connectivity index (χ2n) is 2.51. The van der Waals surface area contributed by atoms with Crippen LogP contribution in [0.1, 0.15) is 0 Å². The highest BCUT2D eigenvalue weighted by Crippen LogP contribution is 2.26. The fraction of sp³-hybridized carbons (Fsp3) is 0.500. The van der Waals surface area contributed by atoms with Crippen molar-refractivity contribution in [1.82, 2.24) is 4.98 Å². The van der Waals surface area contributed by atoms with E-state index in [4.69, 9.17) is 16.7 Å². The molecule has 3 nitrogen and oxygen atoms in total. The first kappa shape index (κ1) is 7.34. The molecule has 1 aliphatic rings. The Morgan fingerprint density at radius 2 is 2.45 bits per heavy atom. The van der Waals surface area contributed by atoms with E-state index in [0.29, 0.717) is 18.2 Å². The molecule has 2 rings (SSSR count). The molecular weight excluding hydrogens is 184 g/mol. The number of nitrogens with zero attached hydrogens (tertiary/aromatic N) is 2. The lowest BCUT2D eigenvalue weighted by Crippen LogP contribution is -2.50. The first-order valence-electron chi connectivity index (χ1n) is 3.30. The van der Waals surface area contributed by atoms with Crippen LogP contribution in [-0.2, 0) is 0 Å². The van der Waals surface area contributed by atoms with Crippen molar-refractivity contribution in [3.8, 4) is 0 Å². The largest absolute Gasteiger partial charge is 0.389 e. The Hall–Kier alpha value is -0.320. The summed E-state index contributed by atoms with van der Waals surface area (Å²) in [7, 11) is 0. The van der Waals surface area contributed by atoms with Gasteiger partial charge in [-0.2, -0.15) is 0 Å². The Kier molecular flexibility index (Phi) is 1.75. The molecule has 60 valence electrons. The minimum Gasteiger partial charge on any atom is -0.389 e. The summed E-state index contributed by atoms with van der Waals surface area (Å²) in [5.74, 6) is 0. The predicted octanol–water partition coefficient (Wildman–Crippen LogP) is 0.977. The Labute approximate surface area is 73.2 Å². The summed E-state index contributed by atoms with van der Waals surface area (Å²) in [4.78, 5) is 6.07. The van der Waals surface area contributed by atoms with Crippen molar-refractivity contribution in [3.63, 3.8) is 0 Å². The Morgan fingerprint density at radius 3 is 2.91 bits per heavy atom.